The van der Waals surface area contributed by atoms with Crippen LogP contribution in [0.1, 0.15) is 32.3 Å². The fourth-order valence-corrected chi connectivity index (χ4v) is 3.76. The molecule has 0 saturated heterocycles. The van der Waals surface area contributed by atoms with E-state index in [2.05, 4.69) is 5.10 Å². The van der Waals surface area contributed by atoms with Gasteiger partial charge in [0, 0.05) is 22.9 Å². The second kappa shape index (κ2) is 8.19. The van der Waals surface area contributed by atoms with Gasteiger partial charge in [-0.15, -0.1) is 11.8 Å². The number of rotatable bonds is 6. The minimum Gasteiger partial charge on any atom is -0.362 e. The van der Waals surface area contributed by atoms with Crippen molar-refractivity contribution in [2.75, 3.05) is 5.75 Å². The minimum atomic E-state index is -4.99. The van der Waals surface area contributed by atoms with E-state index < -0.39 is 24.2 Å². The largest absolute Gasteiger partial charge is 0.438 e. The van der Waals surface area contributed by atoms with Crippen LogP contribution in [-0.4, -0.2) is 39.4 Å². The average Bonchev–Trinajstić information content (AvgIpc) is 2.86. The Kier molecular flexibility index (Phi) is 6.63. The van der Waals surface area contributed by atoms with Crippen LogP contribution in [0.4, 0.5) is 13.2 Å². The van der Waals surface area contributed by atoms with E-state index in [-0.39, 0.29) is 28.8 Å². The number of benzene rings is 1. The number of carbonyl (C=O) groups excluding carboxylic acids is 1. The molecule has 9 heteroatoms. The molecule has 0 bridgehead atoms. The van der Waals surface area contributed by atoms with E-state index in [0.717, 1.165) is 17.3 Å². The Labute approximate surface area is 159 Å². The lowest BCUT2D eigenvalue weighted by molar-refractivity contribution is -0.301. The van der Waals surface area contributed by atoms with E-state index >= 15 is 0 Å². The normalized spacial score (nSPS) is 20.6. The van der Waals surface area contributed by atoms with Crippen molar-refractivity contribution in [2.24, 2.45) is 11.0 Å². The third kappa shape index (κ3) is 4.72. The minimum absolute atomic E-state index is 0.0656. The lowest BCUT2D eigenvalue weighted by Gasteiger charge is -2.32. The zero-order valence-corrected chi connectivity index (χ0v) is 16.0. The number of aliphatic hydroxyl groups is 1. The van der Waals surface area contributed by atoms with Crippen LogP contribution in [0.3, 0.4) is 0 Å². The molecule has 1 aromatic rings. The van der Waals surface area contributed by atoms with Crippen LogP contribution in [-0.2, 0) is 10.5 Å². The summed E-state index contributed by atoms with van der Waals surface area (Å²) in [5.41, 5.74) is -2.33. The van der Waals surface area contributed by atoms with Gasteiger partial charge < -0.3 is 5.11 Å². The Morgan fingerprint density at radius 2 is 2.08 bits per heavy atom. The fourth-order valence-electron chi connectivity index (χ4n) is 2.61. The Morgan fingerprint density at radius 3 is 2.65 bits per heavy atom. The molecular weight excluding hydrogens is 389 g/mol. The van der Waals surface area contributed by atoms with E-state index in [4.69, 9.17) is 11.6 Å². The quantitative estimate of drug-likeness (QED) is 0.756. The zero-order valence-electron chi connectivity index (χ0n) is 14.4. The second-order valence-corrected chi connectivity index (χ2v) is 7.94. The molecule has 0 saturated carbocycles. The number of hydrazone groups is 1. The summed E-state index contributed by atoms with van der Waals surface area (Å²) in [6, 6.07) is 7.03. The van der Waals surface area contributed by atoms with Crippen LogP contribution in [0.5, 0.6) is 0 Å². The third-order valence-electron chi connectivity index (χ3n) is 3.82. The lowest BCUT2D eigenvalue weighted by Crippen LogP contribution is -2.57. The van der Waals surface area contributed by atoms with Gasteiger partial charge in [-0.2, -0.15) is 23.3 Å². The Morgan fingerprint density at radius 1 is 1.42 bits per heavy atom. The maximum atomic E-state index is 13.4. The van der Waals surface area contributed by atoms with E-state index in [1.165, 1.54) is 0 Å². The number of amides is 1. The first-order valence-electron chi connectivity index (χ1n) is 8.04. The summed E-state index contributed by atoms with van der Waals surface area (Å²) in [6.07, 6.45) is -5.41. The van der Waals surface area contributed by atoms with Gasteiger partial charge in [0.25, 0.3) is 11.6 Å². The number of hydrogen-bond acceptors (Lipinski definition) is 4. The van der Waals surface area contributed by atoms with Crippen LogP contribution in [0.2, 0.25) is 5.02 Å². The molecule has 0 fully saturated rings. The molecule has 1 heterocycles. The summed E-state index contributed by atoms with van der Waals surface area (Å²) in [5, 5.41) is 14.6. The zero-order chi connectivity index (χ0) is 19.5. The predicted octanol–water partition coefficient (Wildman–Crippen LogP) is 4.46. The number of alkyl halides is 3. The molecule has 26 heavy (non-hydrogen) atoms. The number of nitrogens with zero attached hydrogens (tertiary/aromatic N) is 2. The summed E-state index contributed by atoms with van der Waals surface area (Å²) in [4.78, 5) is 12.3. The van der Waals surface area contributed by atoms with Crippen molar-refractivity contribution in [3.63, 3.8) is 0 Å². The first-order chi connectivity index (χ1) is 12.0. The monoisotopic (exact) mass is 408 g/mol. The van der Waals surface area contributed by atoms with Crippen molar-refractivity contribution >= 4 is 35.0 Å². The van der Waals surface area contributed by atoms with Crippen molar-refractivity contribution in [1.29, 1.82) is 0 Å². The van der Waals surface area contributed by atoms with Gasteiger partial charge in [0.15, 0.2) is 0 Å². The highest BCUT2D eigenvalue weighted by molar-refractivity contribution is 7.99. The van der Waals surface area contributed by atoms with Gasteiger partial charge in [0.1, 0.15) is 0 Å². The lowest BCUT2D eigenvalue weighted by atomic mass is 9.99. The fraction of sp³-hybridized carbons (Fsp3) is 0.529. The molecule has 0 unspecified atom stereocenters. The van der Waals surface area contributed by atoms with E-state index in [1.807, 2.05) is 13.8 Å². The maximum absolute atomic E-state index is 13.4. The van der Waals surface area contributed by atoms with Crippen LogP contribution in [0.15, 0.2) is 29.4 Å². The van der Waals surface area contributed by atoms with Crippen molar-refractivity contribution in [1.82, 2.24) is 5.01 Å². The number of hydrogen-bond donors (Lipinski definition) is 1. The molecule has 0 spiro atoms. The number of carbonyl (C=O) groups is 1. The van der Waals surface area contributed by atoms with Crippen LogP contribution >= 0.6 is 23.4 Å². The van der Waals surface area contributed by atoms with Gasteiger partial charge in [-0.05, 0) is 24.0 Å². The van der Waals surface area contributed by atoms with Crippen molar-refractivity contribution in [2.45, 2.75) is 44.3 Å². The van der Waals surface area contributed by atoms with Crippen molar-refractivity contribution in [3.8, 4) is 0 Å². The van der Waals surface area contributed by atoms with Crippen LogP contribution in [0.25, 0.3) is 0 Å². The summed E-state index contributed by atoms with van der Waals surface area (Å²) in [6.45, 7) is 3.66. The highest BCUT2D eigenvalue weighted by Gasteiger charge is 2.62. The molecule has 1 amide bonds. The summed E-state index contributed by atoms with van der Waals surface area (Å²) < 4.78 is 40.1. The Balaban J connectivity index is 2.08. The first-order valence-corrected chi connectivity index (χ1v) is 9.57. The highest BCUT2D eigenvalue weighted by atomic mass is 35.5. The highest BCUT2D eigenvalue weighted by Crippen LogP contribution is 2.41. The molecule has 144 valence electrons. The second-order valence-electron chi connectivity index (χ2n) is 6.55. The molecule has 1 N–H and O–H groups in total. The smallest absolute Gasteiger partial charge is 0.362 e. The SMILES string of the molecule is CC(C)CC1=NN(C(=O)CSCc2ccccc2Cl)[C@@](O)(C(F)(F)F)C1. The van der Waals surface area contributed by atoms with Gasteiger partial charge in [-0.1, -0.05) is 43.6 Å². The maximum Gasteiger partial charge on any atom is 0.438 e. The number of halogens is 4. The predicted molar refractivity (Wildman–Crippen MR) is 97.0 cm³/mol. The molecule has 1 aliphatic rings. The molecule has 0 aromatic heterocycles. The molecular formula is C17H20ClF3N2O2S. The molecule has 1 atom stereocenters. The van der Waals surface area contributed by atoms with Gasteiger partial charge in [0.2, 0.25) is 0 Å². The third-order valence-corrected chi connectivity index (χ3v) is 5.15. The van der Waals surface area contributed by atoms with Crippen LogP contribution < -0.4 is 0 Å². The average molecular weight is 409 g/mol. The van der Waals surface area contributed by atoms with Gasteiger partial charge >= 0.3 is 6.18 Å². The summed E-state index contributed by atoms with van der Waals surface area (Å²) in [7, 11) is 0. The first kappa shape index (κ1) is 21.1. The van der Waals surface area contributed by atoms with E-state index in [1.54, 1.807) is 24.3 Å². The van der Waals surface area contributed by atoms with Gasteiger partial charge in [0.05, 0.1) is 5.75 Å². The van der Waals surface area contributed by atoms with Crippen LogP contribution in [0, 0.1) is 5.92 Å². The molecule has 1 aliphatic heterocycles. The topological polar surface area (TPSA) is 52.9 Å². The summed E-state index contributed by atoms with van der Waals surface area (Å²) >= 11 is 7.14. The van der Waals surface area contributed by atoms with Gasteiger partial charge in [-0.25, -0.2) is 0 Å². The Bertz CT molecular complexity index is 697. The summed E-state index contributed by atoms with van der Waals surface area (Å²) in [5.74, 6) is -0.703. The molecule has 0 radical (unpaired) electrons. The molecule has 2 rings (SSSR count). The van der Waals surface area contributed by atoms with Crippen molar-refractivity contribution < 1.29 is 23.1 Å². The van der Waals surface area contributed by atoms with Crippen molar-refractivity contribution in [3.05, 3.63) is 34.9 Å². The molecule has 0 aliphatic carbocycles. The van der Waals surface area contributed by atoms with Gasteiger partial charge in [-0.3, -0.25) is 4.79 Å². The van der Waals surface area contributed by atoms with E-state index in [0.29, 0.717) is 10.8 Å². The number of thioether (sulfide) groups is 1. The molecule has 4 nitrogen and oxygen atoms in total. The Hall–Kier alpha value is -1.25. The van der Waals surface area contributed by atoms with E-state index in [9.17, 15) is 23.1 Å². The molecule has 1 aromatic carbocycles. The standard InChI is InChI=1S/C17H20ClF3N2O2S/c1-11(2)7-13-8-16(25,17(19,20)21)23(22-13)15(24)10-26-9-12-5-3-4-6-14(12)18/h3-6,11,25H,7-10H2,1-2H3/t16-/m0/s1.